The molecule has 1 aromatic heterocycles. The molecular weight excluding hydrogens is 242 g/mol. The highest BCUT2D eigenvalue weighted by Crippen LogP contribution is 2.42. The number of rotatable bonds is 4. The largest absolute Gasteiger partial charge is 0.480 e. The molecule has 0 spiro atoms. The number of aromatic nitrogens is 2. The highest BCUT2D eigenvalue weighted by atomic mass is 16.4. The van der Waals surface area contributed by atoms with E-state index in [1.165, 1.54) is 12.8 Å². The van der Waals surface area contributed by atoms with Crippen molar-refractivity contribution in [1.82, 2.24) is 14.5 Å². The number of likely N-dealkylation sites (tertiary alicyclic amines) is 1. The summed E-state index contributed by atoms with van der Waals surface area (Å²) in [6.45, 7) is 4.54. The molecule has 1 aliphatic heterocycles. The summed E-state index contributed by atoms with van der Waals surface area (Å²) in [4.78, 5) is 18.1. The van der Waals surface area contributed by atoms with Crippen molar-refractivity contribution in [2.24, 2.45) is 11.8 Å². The number of hydrogen-bond donors (Lipinski definition) is 1. The first-order chi connectivity index (χ1) is 9.20. The molecule has 3 rings (SSSR count). The van der Waals surface area contributed by atoms with E-state index < -0.39 is 5.97 Å². The van der Waals surface area contributed by atoms with Crippen LogP contribution >= 0.6 is 0 Å². The number of aryl methyl sites for hydroxylation is 1. The van der Waals surface area contributed by atoms with Crippen molar-refractivity contribution in [2.75, 3.05) is 6.54 Å². The lowest BCUT2D eigenvalue weighted by Gasteiger charge is -2.24. The van der Waals surface area contributed by atoms with Crippen LogP contribution in [0, 0.1) is 11.8 Å². The molecule has 2 heterocycles. The molecule has 0 bridgehead atoms. The van der Waals surface area contributed by atoms with Gasteiger partial charge < -0.3 is 9.67 Å². The van der Waals surface area contributed by atoms with E-state index in [2.05, 4.69) is 21.4 Å². The Labute approximate surface area is 113 Å². The monoisotopic (exact) mass is 263 g/mol. The predicted octanol–water partition coefficient (Wildman–Crippen LogP) is 1.59. The van der Waals surface area contributed by atoms with Gasteiger partial charge in [-0.2, -0.15) is 0 Å². The van der Waals surface area contributed by atoms with Crippen LogP contribution in [0.4, 0.5) is 0 Å². The minimum absolute atomic E-state index is 0.311. The molecule has 1 saturated carbocycles. The summed E-state index contributed by atoms with van der Waals surface area (Å²) in [5.74, 6) is 1.24. The highest BCUT2D eigenvalue weighted by molar-refractivity contribution is 5.74. The Morgan fingerprint density at radius 2 is 2.37 bits per heavy atom. The Morgan fingerprint density at radius 1 is 1.53 bits per heavy atom. The number of imidazole rings is 1. The van der Waals surface area contributed by atoms with Crippen LogP contribution in [0.1, 0.15) is 32.0 Å². The van der Waals surface area contributed by atoms with Crippen LogP contribution in [-0.2, 0) is 17.9 Å². The molecule has 104 valence electrons. The third-order valence-corrected chi connectivity index (χ3v) is 4.73. The summed E-state index contributed by atoms with van der Waals surface area (Å²) in [6, 6.07) is -0.311. The molecule has 1 aromatic rings. The van der Waals surface area contributed by atoms with Crippen LogP contribution in [-0.4, -0.2) is 38.1 Å². The first-order valence-electron chi connectivity index (χ1n) is 7.17. The first-order valence-corrected chi connectivity index (χ1v) is 7.17. The molecule has 2 aliphatic rings. The number of fused-ring (bicyclic) bond motifs is 1. The summed E-state index contributed by atoms with van der Waals surface area (Å²) >= 11 is 0. The van der Waals surface area contributed by atoms with Crippen molar-refractivity contribution in [3.05, 3.63) is 18.2 Å². The molecule has 1 saturated heterocycles. The number of carbonyl (C=O) groups is 1. The van der Waals surface area contributed by atoms with Crippen LogP contribution in [0.2, 0.25) is 0 Å². The standard InChI is InChI=1S/C14H21N3O2/c1-2-16-7-6-15-12(16)9-17-8-10-4-3-5-11(10)13(17)14(18)19/h6-7,10-11,13H,2-5,8-9H2,1H3,(H,18,19). The van der Waals surface area contributed by atoms with Crippen molar-refractivity contribution < 1.29 is 9.90 Å². The fourth-order valence-corrected chi connectivity index (χ4v) is 3.86. The molecule has 3 atom stereocenters. The minimum Gasteiger partial charge on any atom is -0.480 e. The fraction of sp³-hybridized carbons (Fsp3) is 0.714. The second-order valence-corrected chi connectivity index (χ2v) is 5.70. The van der Waals surface area contributed by atoms with E-state index in [4.69, 9.17) is 0 Å². The lowest BCUT2D eigenvalue weighted by atomic mass is 9.94. The van der Waals surface area contributed by atoms with Crippen LogP contribution in [0.5, 0.6) is 0 Å². The van der Waals surface area contributed by atoms with E-state index in [0.29, 0.717) is 18.4 Å². The zero-order valence-corrected chi connectivity index (χ0v) is 11.3. The predicted molar refractivity (Wildman–Crippen MR) is 70.6 cm³/mol. The van der Waals surface area contributed by atoms with Gasteiger partial charge in [-0.3, -0.25) is 9.69 Å². The first kappa shape index (κ1) is 12.7. The van der Waals surface area contributed by atoms with Crippen molar-refractivity contribution in [3.8, 4) is 0 Å². The third-order valence-electron chi connectivity index (χ3n) is 4.73. The Bertz CT molecular complexity index is 471. The molecule has 1 N–H and O–H groups in total. The van der Waals surface area contributed by atoms with Gasteiger partial charge >= 0.3 is 5.97 Å². The maximum atomic E-state index is 11.6. The summed E-state index contributed by atoms with van der Waals surface area (Å²) in [6.07, 6.45) is 7.21. The van der Waals surface area contributed by atoms with Gasteiger partial charge in [0.1, 0.15) is 11.9 Å². The molecule has 19 heavy (non-hydrogen) atoms. The van der Waals surface area contributed by atoms with Crippen LogP contribution in [0.3, 0.4) is 0 Å². The van der Waals surface area contributed by atoms with Gasteiger partial charge in [0.15, 0.2) is 0 Å². The van der Waals surface area contributed by atoms with Crippen LogP contribution < -0.4 is 0 Å². The molecular formula is C14H21N3O2. The minimum atomic E-state index is -0.663. The normalized spacial score (nSPS) is 30.7. The van der Waals surface area contributed by atoms with Gasteiger partial charge in [0.25, 0.3) is 0 Å². The van der Waals surface area contributed by atoms with Gasteiger partial charge in [0.2, 0.25) is 0 Å². The maximum absolute atomic E-state index is 11.6. The Morgan fingerprint density at radius 3 is 3.11 bits per heavy atom. The summed E-state index contributed by atoms with van der Waals surface area (Å²) in [7, 11) is 0. The number of aliphatic carboxylic acids is 1. The lowest BCUT2D eigenvalue weighted by molar-refractivity contribution is -0.143. The van der Waals surface area contributed by atoms with Crippen LogP contribution in [0.15, 0.2) is 12.4 Å². The van der Waals surface area contributed by atoms with Crippen molar-refractivity contribution in [3.63, 3.8) is 0 Å². The average molecular weight is 263 g/mol. The van der Waals surface area contributed by atoms with Gasteiger partial charge in [-0.05, 0) is 31.6 Å². The Balaban J connectivity index is 1.78. The zero-order valence-electron chi connectivity index (χ0n) is 11.3. The average Bonchev–Trinajstić information content (AvgIpc) is 3.03. The van der Waals surface area contributed by atoms with E-state index in [1.54, 1.807) is 6.20 Å². The molecule has 1 aliphatic carbocycles. The van der Waals surface area contributed by atoms with E-state index in [1.807, 2.05) is 6.20 Å². The smallest absolute Gasteiger partial charge is 0.321 e. The van der Waals surface area contributed by atoms with E-state index in [-0.39, 0.29) is 6.04 Å². The molecule has 2 fully saturated rings. The molecule has 0 amide bonds. The van der Waals surface area contributed by atoms with Gasteiger partial charge in [0.05, 0.1) is 6.54 Å². The lowest BCUT2D eigenvalue weighted by Crippen LogP contribution is -2.39. The van der Waals surface area contributed by atoms with Gasteiger partial charge in [-0.1, -0.05) is 6.42 Å². The second-order valence-electron chi connectivity index (χ2n) is 5.70. The van der Waals surface area contributed by atoms with Crippen molar-refractivity contribution in [2.45, 2.75) is 45.3 Å². The van der Waals surface area contributed by atoms with E-state index in [9.17, 15) is 9.90 Å². The maximum Gasteiger partial charge on any atom is 0.321 e. The van der Waals surface area contributed by atoms with Crippen LogP contribution in [0.25, 0.3) is 0 Å². The number of nitrogens with zero attached hydrogens (tertiary/aromatic N) is 3. The molecule has 3 unspecified atom stereocenters. The highest BCUT2D eigenvalue weighted by Gasteiger charge is 2.47. The zero-order chi connectivity index (χ0) is 13.4. The number of hydrogen-bond acceptors (Lipinski definition) is 3. The third kappa shape index (κ3) is 2.16. The molecule has 5 heteroatoms. The number of carboxylic acids is 1. The summed E-state index contributed by atoms with van der Waals surface area (Å²) < 4.78 is 2.09. The molecule has 0 radical (unpaired) electrons. The van der Waals surface area contributed by atoms with E-state index >= 15 is 0 Å². The fourth-order valence-electron chi connectivity index (χ4n) is 3.86. The van der Waals surface area contributed by atoms with E-state index in [0.717, 1.165) is 25.3 Å². The SMILES string of the molecule is CCn1ccnc1CN1CC2CCCC2C1C(=O)O. The Hall–Kier alpha value is -1.36. The van der Waals surface area contributed by atoms with Gasteiger partial charge in [0, 0.05) is 25.5 Å². The van der Waals surface area contributed by atoms with Crippen molar-refractivity contribution in [1.29, 1.82) is 0 Å². The molecule has 0 aromatic carbocycles. The number of carboxylic acid groups (broad SMARTS) is 1. The topological polar surface area (TPSA) is 58.4 Å². The Kier molecular flexibility index (Phi) is 3.31. The summed E-state index contributed by atoms with van der Waals surface area (Å²) in [5, 5.41) is 9.52. The second kappa shape index (κ2) is 4.96. The summed E-state index contributed by atoms with van der Waals surface area (Å²) in [5.41, 5.74) is 0. The van der Waals surface area contributed by atoms with Gasteiger partial charge in [-0.15, -0.1) is 0 Å². The quantitative estimate of drug-likeness (QED) is 0.896. The van der Waals surface area contributed by atoms with Gasteiger partial charge in [-0.25, -0.2) is 4.98 Å². The van der Waals surface area contributed by atoms with Crippen molar-refractivity contribution >= 4 is 5.97 Å². The molecule has 5 nitrogen and oxygen atoms in total.